The van der Waals surface area contributed by atoms with Crippen molar-refractivity contribution in [1.82, 2.24) is 10.1 Å². The lowest BCUT2D eigenvalue weighted by molar-refractivity contribution is -0.119. The van der Waals surface area contributed by atoms with Gasteiger partial charge >= 0.3 is 0 Å². The minimum atomic E-state index is -3.54. The Balaban J connectivity index is 1.89. The Bertz CT molecular complexity index is 1330. The highest BCUT2D eigenvalue weighted by Crippen LogP contribution is 2.37. The lowest BCUT2D eigenvalue weighted by Gasteiger charge is -2.25. The predicted octanol–water partition coefficient (Wildman–Crippen LogP) is 4.11. The first kappa shape index (κ1) is 23.3. The van der Waals surface area contributed by atoms with Crippen LogP contribution in [0, 0.1) is 10.6 Å². The van der Waals surface area contributed by atoms with E-state index in [4.69, 9.17) is 26.6 Å². The summed E-state index contributed by atoms with van der Waals surface area (Å²) in [6.07, 6.45) is 0. The van der Waals surface area contributed by atoms with Crippen LogP contribution in [0.25, 0.3) is 11.4 Å². The first-order chi connectivity index (χ1) is 15.4. The molecular weight excluding hydrogens is 469 g/mol. The van der Waals surface area contributed by atoms with Crippen LogP contribution in [0.15, 0.2) is 45.8 Å². The molecule has 0 saturated heterocycles. The number of hydrogen-bond donors (Lipinski definition) is 2. The molecule has 33 heavy (non-hydrogen) atoms. The van der Waals surface area contributed by atoms with Crippen molar-refractivity contribution in [2.45, 2.75) is 43.7 Å². The summed E-state index contributed by atoms with van der Waals surface area (Å²) in [5, 5.41) is 4.42. The highest BCUT2D eigenvalue weighted by atomic mass is 35.5. The van der Waals surface area contributed by atoms with Gasteiger partial charge in [0.05, 0.1) is 44.2 Å². The second-order valence-corrected chi connectivity index (χ2v) is 11.5. The van der Waals surface area contributed by atoms with E-state index in [1.165, 1.54) is 11.0 Å². The Labute approximate surface area is 195 Å². The molecule has 0 fully saturated rings. The number of amides is 1. The molecule has 11 heteroatoms. The van der Waals surface area contributed by atoms with E-state index in [0.717, 1.165) is 11.6 Å². The summed E-state index contributed by atoms with van der Waals surface area (Å²) in [6, 6.07) is 7.99. The third kappa shape index (κ3) is 4.50. The van der Waals surface area contributed by atoms with E-state index in [1.54, 1.807) is 24.3 Å². The number of carbonyl (C=O) groups excluding carboxylic acids is 1. The number of anilines is 1. The van der Waals surface area contributed by atoms with Crippen LogP contribution in [0.2, 0.25) is 5.02 Å². The van der Waals surface area contributed by atoms with Crippen molar-refractivity contribution in [1.29, 1.82) is 4.78 Å². The van der Waals surface area contributed by atoms with Crippen LogP contribution in [0.3, 0.4) is 0 Å². The number of fused-ring (bicyclic) bond motifs is 1. The van der Waals surface area contributed by atoms with Gasteiger partial charge in [0.1, 0.15) is 5.82 Å². The number of hydrogen-bond acceptors (Lipinski definition) is 7. The quantitative estimate of drug-likeness (QED) is 0.567. The Morgan fingerprint density at radius 3 is 2.58 bits per heavy atom. The highest BCUT2D eigenvalue weighted by molar-refractivity contribution is 7.92. The van der Waals surface area contributed by atoms with Crippen LogP contribution in [0.5, 0.6) is 0 Å². The minimum absolute atomic E-state index is 0.0101. The van der Waals surface area contributed by atoms with E-state index in [1.807, 2.05) is 20.8 Å². The molecule has 1 amide bonds. The molecule has 2 heterocycles. The van der Waals surface area contributed by atoms with Crippen LogP contribution < -0.4 is 10.6 Å². The summed E-state index contributed by atoms with van der Waals surface area (Å²) in [7, 11) is -3.54. The molecule has 174 valence electrons. The Morgan fingerprint density at radius 2 is 1.97 bits per heavy atom. The van der Waals surface area contributed by atoms with Gasteiger partial charge in [-0.25, -0.2) is 13.4 Å². The second-order valence-electron chi connectivity index (χ2n) is 8.97. The topological polar surface area (TPSA) is 126 Å². The predicted molar refractivity (Wildman–Crippen MR) is 123 cm³/mol. The maximum atomic E-state index is 15.2. The Morgan fingerprint density at radius 1 is 1.30 bits per heavy atom. The van der Waals surface area contributed by atoms with E-state index >= 15 is 4.39 Å². The van der Waals surface area contributed by atoms with Crippen LogP contribution >= 0.6 is 11.6 Å². The fourth-order valence-electron chi connectivity index (χ4n) is 3.50. The highest BCUT2D eigenvalue weighted by Gasteiger charge is 2.36. The number of benzene rings is 2. The number of nitrogens with one attached hydrogen (secondary N) is 1. The first-order valence-corrected chi connectivity index (χ1v) is 12.2. The van der Waals surface area contributed by atoms with Crippen LogP contribution in [-0.2, 0) is 26.5 Å². The Hall–Kier alpha value is -2.82. The lowest BCUT2D eigenvalue weighted by atomic mass is 9.97. The molecule has 0 bridgehead atoms. The van der Waals surface area contributed by atoms with Crippen molar-refractivity contribution in [3.05, 3.63) is 58.7 Å². The zero-order chi connectivity index (χ0) is 24.1. The van der Waals surface area contributed by atoms with Crippen molar-refractivity contribution >= 4 is 32.9 Å². The molecule has 3 N–H and O–H groups in total. The van der Waals surface area contributed by atoms with E-state index in [-0.39, 0.29) is 28.5 Å². The summed E-state index contributed by atoms with van der Waals surface area (Å²) in [6.45, 7) is 5.69. The molecule has 3 aromatic rings. The number of aromatic nitrogens is 2. The standard InChI is InChI=1S/C22H23ClFN5O3S/c1-22(2,3)21-27-19(28-32-21)14-8-17-18(9-15(14)24)33(26,31)11-16(25)20(30)29(17)10-12-4-6-13(23)7-5-12/h4-9,16,26H,10-11,25H2,1-3H3/t16-,33?/m0/s1. The van der Waals surface area contributed by atoms with Gasteiger partial charge in [0.25, 0.3) is 0 Å². The third-order valence-corrected chi connectivity index (χ3v) is 7.37. The zero-order valence-electron chi connectivity index (χ0n) is 18.3. The molecule has 0 radical (unpaired) electrons. The van der Waals surface area contributed by atoms with Crippen molar-refractivity contribution in [2.24, 2.45) is 5.73 Å². The molecule has 4 rings (SSSR count). The maximum Gasteiger partial charge on any atom is 0.245 e. The molecule has 1 aliphatic heterocycles. The molecule has 1 unspecified atom stereocenters. The average molecular weight is 492 g/mol. The maximum absolute atomic E-state index is 15.2. The summed E-state index contributed by atoms with van der Waals surface area (Å²) >= 11 is 5.96. The number of nitrogens with zero attached hydrogens (tertiary/aromatic N) is 3. The number of halogens is 2. The smallest absolute Gasteiger partial charge is 0.245 e. The summed E-state index contributed by atoms with van der Waals surface area (Å²) < 4.78 is 42.0. The molecule has 1 aliphatic rings. The van der Waals surface area contributed by atoms with Gasteiger partial charge in [-0.2, -0.15) is 4.98 Å². The lowest BCUT2D eigenvalue weighted by Crippen LogP contribution is -2.45. The number of rotatable bonds is 3. The zero-order valence-corrected chi connectivity index (χ0v) is 19.8. The third-order valence-electron chi connectivity index (χ3n) is 5.25. The van der Waals surface area contributed by atoms with E-state index in [9.17, 15) is 9.00 Å². The van der Waals surface area contributed by atoms with Crippen LogP contribution in [0.4, 0.5) is 10.1 Å². The monoisotopic (exact) mass is 491 g/mol. The number of carbonyl (C=O) groups is 1. The molecule has 2 aromatic carbocycles. The molecule has 1 aromatic heterocycles. The van der Waals surface area contributed by atoms with Gasteiger partial charge in [-0.05, 0) is 29.8 Å². The molecule has 2 atom stereocenters. The SMILES string of the molecule is CC(C)(C)c1nc(-c2cc3c(cc2F)S(=N)(=O)C[C@H](N)C(=O)N3Cc2ccc(Cl)cc2)no1. The minimum Gasteiger partial charge on any atom is -0.338 e. The molecule has 8 nitrogen and oxygen atoms in total. The van der Waals surface area contributed by atoms with Crippen molar-refractivity contribution in [3.8, 4) is 11.4 Å². The van der Waals surface area contributed by atoms with E-state index in [2.05, 4.69) is 10.1 Å². The fraction of sp³-hybridized carbons (Fsp3) is 0.318. The van der Waals surface area contributed by atoms with E-state index in [0.29, 0.717) is 10.9 Å². The fourth-order valence-corrected chi connectivity index (χ4v) is 5.25. The van der Waals surface area contributed by atoms with Gasteiger partial charge in [-0.15, -0.1) is 0 Å². The van der Waals surface area contributed by atoms with Crippen molar-refractivity contribution in [2.75, 3.05) is 10.7 Å². The van der Waals surface area contributed by atoms with Crippen LogP contribution in [-0.4, -0.2) is 32.1 Å². The summed E-state index contributed by atoms with van der Waals surface area (Å²) in [4.78, 5) is 18.7. The van der Waals surface area contributed by atoms with Gasteiger partial charge < -0.3 is 15.2 Å². The molecular formula is C22H23ClFN5O3S. The van der Waals surface area contributed by atoms with Gasteiger partial charge in [0, 0.05) is 10.4 Å². The van der Waals surface area contributed by atoms with Gasteiger partial charge in [-0.3, -0.25) is 4.79 Å². The summed E-state index contributed by atoms with van der Waals surface area (Å²) in [5.74, 6) is -1.41. The van der Waals surface area contributed by atoms with E-state index < -0.39 is 38.7 Å². The second kappa shape index (κ2) is 8.19. The Kier molecular flexibility index (Phi) is 5.80. The molecule has 0 aliphatic carbocycles. The molecule has 0 spiro atoms. The van der Waals surface area contributed by atoms with Gasteiger partial charge in [-0.1, -0.05) is 49.7 Å². The number of nitrogens with two attached hydrogens (primary N) is 1. The van der Waals surface area contributed by atoms with Gasteiger partial charge in [0.2, 0.25) is 17.6 Å². The molecule has 0 saturated carbocycles. The first-order valence-electron chi connectivity index (χ1n) is 10.1. The van der Waals surface area contributed by atoms with Crippen molar-refractivity contribution < 1.29 is 17.9 Å². The summed E-state index contributed by atoms with van der Waals surface area (Å²) in [5.41, 5.74) is 6.36. The largest absolute Gasteiger partial charge is 0.338 e. The normalized spacial score (nSPS) is 21.1. The van der Waals surface area contributed by atoms with Crippen LogP contribution in [0.1, 0.15) is 32.2 Å². The average Bonchev–Trinajstić information content (AvgIpc) is 3.21. The van der Waals surface area contributed by atoms with Gasteiger partial charge in [0.15, 0.2) is 0 Å². The van der Waals surface area contributed by atoms with Crippen molar-refractivity contribution in [3.63, 3.8) is 0 Å².